The lowest BCUT2D eigenvalue weighted by molar-refractivity contribution is -0.137. The molecule has 2 rings (SSSR count). The molecule has 2 N–H and O–H groups in total. The van der Waals surface area contributed by atoms with Crippen LogP contribution >= 0.6 is 0 Å². The number of sulfonamides is 1. The van der Waals surface area contributed by atoms with Crippen LogP contribution in [-0.2, 0) is 14.8 Å². The number of amides is 1. The summed E-state index contributed by atoms with van der Waals surface area (Å²) in [5.41, 5.74) is 0.304. The molecule has 0 bridgehead atoms. The first-order valence-corrected chi connectivity index (χ1v) is 10.3. The Balaban J connectivity index is 2.22. The maximum absolute atomic E-state index is 12.9. The second-order valence-electron chi connectivity index (χ2n) is 6.88. The van der Waals surface area contributed by atoms with Gasteiger partial charge < -0.3 is 10.0 Å². The van der Waals surface area contributed by atoms with Gasteiger partial charge in [-0.1, -0.05) is 6.07 Å². The van der Waals surface area contributed by atoms with Crippen molar-refractivity contribution in [1.82, 2.24) is 9.62 Å². The molecule has 0 spiro atoms. The van der Waals surface area contributed by atoms with Crippen LogP contribution in [0.15, 0.2) is 29.2 Å². The Labute approximate surface area is 154 Å². The number of hydrogen-bond acceptors (Lipinski definition) is 4. The summed E-state index contributed by atoms with van der Waals surface area (Å²) < 4.78 is 27.2. The summed E-state index contributed by atoms with van der Waals surface area (Å²) in [7, 11) is -3.68. The Morgan fingerprint density at radius 1 is 1.31 bits per heavy atom. The smallest absolute Gasteiger partial charge is 0.303 e. The lowest BCUT2D eigenvalue weighted by atomic mass is 9.97. The number of nitrogens with one attached hydrogen (secondary N) is 1. The minimum Gasteiger partial charge on any atom is -0.481 e. The Morgan fingerprint density at radius 3 is 2.69 bits per heavy atom. The monoisotopic (exact) mass is 382 g/mol. The summed E-state index contributed by atoms with van der Waals surface area (Å²) in [6.07, 6.45) is 3.02. The summed E-state index contributed by atoms with van der Waals surface area (Å²) in [4.78, 5) is 25.5. The Kier molecular flexibility index (Phi) is 6.77. The highest BCUT2D eigenvalue weighted by atomic mass is 32.2. The SMILES string of the molecule is CC(C)NS(=O)(=O)c1cccc(C(=O)N2CCCCC2CCC(=O)O)c1. The maximum Gasteiger partial charge on any atom is 0.303 e. The topological polar surface area (TPSA) is 104 Å². The van der Waals surface area contributed by atoms with Crippen molar-refractivity contribution >= 4 is 21.9 Å². The Hall–Kier alpha value is -1.93. The highest BCUT2D eigenvalue weighted by Gasteiger charge is 2.28. The molecule has 0 aliphatic carbocycles. The number of piperidine rings is 1. The molecular weight excluding hydrogens is 356 g/mol. The van der Waals surface area contributed by atoms with Gasteiger partial charge in [-0.05, 0) is 57.7 Å². The summed E-state index contributed by atoms with van der Waals surface area (Å²) in [6.45, 7) is 4.02. The molecule has 0 aromatic heterocycles. The van der Waals surface area contributed by atoms with Crippen LogP contribution in [0.1, 0.15) is 56.3 Å². The lowest BCUT2D eigenvalue weighted by Gasteiger charge is -2.35. The van der Waals surface area contributed by atoms with E-state index in [9.17, 15) is 18.0 Å². The second kappa shape index (κ2) is 8.64. The molecule has 0 saturated carbocycles. The third-order valence-electron chi connectivity index (χ3n) is 4.36. The van der Waals surface area contributed by atoms with Gasteiger partial charge in [0, 0.05) is 30.6 Å². The highest BCUT2D eigenvalue weighted by molar-refractivity contribution is 7.89. The molecule has 1 atom stereocenters. The average molecular weight is 382 g/mol. The van der Waals surface area contributed by atoms with E-state index < -0.39 is 16.0 Å². The van der Waals surface area contributed by atoms with E-state index in [0.717, 1.165) is 19.3 Å². The van der Waals surface area contributed by atoms with Crippen LogP contribution in [-0.4, -0.2) is 48.9 Å². The third kappa shape index (κ3) is 5.28. The molecule has 1 aromatic rings. The van der Waals surface area contributed by atoms with E-state index >= 15 is 0 Å². The number of aliphatic carboxylic acids is 1. The van der Waals surface area contributed by atoms with Gasteiger partial charge in [-0.2, -0.15) is 0 Å². The fourth-order valence-electron chi connectivity index (χ4n) is 3.20. The quantitative estimate of drug-likeness (QED) is 0.753. The molecule has 7 nitrogen and oxygen atoms in total. The standard InChI is InChI=1S/C18H26N2O5S/c1-13(2)19-26(24,25)16-8-5-6-14(12-16)18(23)20-11-4-3-7-15(20)9-10-17(21)22/h5-6,8,12-13,15,19H,3-4,7,9-11H2,1-2H3,(H,21,22). The molecule has 0 radical (unpaired) electrons. The number of carboxylic acids is 1. The molecule has 1 aliphatic heterocycles. The number of rotatable bonds is 7. The summed E-state index contributed by atoms with van der Waals surface area (Å²) in [5.74, 6) is -1.13. The number of carboxylic acid groups (broad SMARTS) is 1. The number of likely N-dealkylation sites (tertiary alicyclic amines) is 1. The van der Waals surface area contributed by atoms with E-state index in [2.05, 4.69) is 4.72 Å². The van der Waals surface area contributed by atoms with Crippen molar-refractivity contribution in [2.45, 2.75) is 62.9 Å². The molecule has 26 heavy (non-hydrogen) atoms. The van der Waals surface area contributed by atoms with Crippen LogP contribution in [0.25, 0.3) is 0 Å². The van der Waals surface area contributed by atoms with E-state index in [1.165, 1.54) is 12.1 Å². The number of benzene rings is 1. The Morgan fingerprint density at radius 2 is 2.04 bits per heavy atom. The van der Waals surface area contributed by atoms with Gasteiger partial charge in [-0.15, -0.1) is 0 Å². The molecule has 144 valence electrons. The molecule has 1 amide bonds. The maximum atomic E-state index is 12.9. The van der Waals surface area contributed by atoms with Crippen LogP contribution in [0.4, 0.5) is 0 Å². The molecule has 1 aromatic carbocycles. The van der Waals surface area contributed by atoms with Crippen molar-refractivity contribution < 1.29 is 23.1 Å². The van der Waals surface area contributed by atoms with Crippen molar-refractivity contribution in [1.29, 1.82) is 0 Å². The zero-order valence-electron chi connectivity index (χ0n) is 15.1. The van der Waals surface area contributed by atoms with E-state index in [4.69, 9.17) is 5.11 Å². The zero-order valence-corrected chi connectivity index (χ0v) is 16.0. The lowest BCUT2D eigenvalue weighted by Crippen LogP contribution is -2.44. The van der Waals surface area contributed by atoms with Gasteiger partial charge >= 0.3 is 5.97 Å². The van der Waals surface area contributed by atoms with Gasteiger partial charge in [0.1, 0.15) is 0 Å². The molecule has 1 unspecified atom stereocenters. The van der Waals surface area contributed by atoms with Gasteiger partial charge in [0.25, 0.3) is 5.91 Å². The van der Waals surface area contributed by atoms with E-state index in [1.54, 1.807) is 30.9 Å². The number of carbonyl (C=O) groups excluding carboxylic acids is 1. The van der Waals surface area contributed by atoms with Crippen LogP contribution in [0.5, 0.6) is 0 Å². The second-order valence-corrected chi connectivity index (χ2v) is 8.60. The third-order valence-corrected chi connectivity index (χ3v) is 6.02. The zero-order chi connectivity index (χ0) is 19.3. The van der Waals surface area contributed by atoms with Crippen molar-refractivity contribution in [2.75, 3.05) is 6.54 Å². The fraction of sp³-hybridized carbons (Fsp3) is 0.556. The summed E-state index contributed by atoms with van der Waals surface area (Å²) in [5, 5.41) is 8.91. The van der Waals surface area contributed by atoms with Gasteiger partial charge in [0.2, 0.25) is 10.0 Å². The highest BCUT2D eigenvalue weighted by Crippen LogP contribution is 2.24. The van der Waals surface area contributed by atoms with Crippen molar-refractivity contribution in [3.8, 4) is 0 Å². The van der Waals surface area contributed by atoms with Crippen LogP contribution in [0.2, 0.25) is 0 Å². The fourth-order valence-corrected chi connectivity index (χ4v) is 4.50. The van der Waals surface area contributed by atoms with E-state index in [0.29, 0.717) is 18.5 Å². The van der Waals surface area contributed by atoms with Crippen LogP contribution in [0.3, 0.4) is 0 Å². The average Bonchev–Trinajstić information content (AvgIpc) is 2.58. The van der Waals surface area contributed by atoms with E-state index in [-0.39, 0.29) is 29.3 Å². The minimum atomic E-state index is -3.68. The minimum absolute atomic E-state index is 0.0151. The van der Waals surface area contributed by atoms with Gasteiger partial charge in [0.15, 0.2) is 0 Å². The first kappa shape index (κ1) is 20.4. The normalized spacial score (nSPS) is 18.1. The molecule has 1 aliphatic rings. The molecule has 8 heteroatoms. The summed E-state index contributed by atoms with van der Waals surface area (Å²) >= 11 is 0. The van der Waals surface area contributed by atoms with Gasteiger partial charge in [-0.25, -0.2) is 13.1 Å². The Bertz CT molecular complexity index is 761. The predicted molar refractivity (Wildman–Crippen MR) is 97.4 cm³/mol. The first-order chi connectivity index (χ1) is 12.2. The number of carbonyl (C=O) groups is 2. The molecule has 1 saturated heterocycles. The predicted octanol–water partition coefficient (Wildman–Crippen LogP) is 2.23. The van der Waals surface area contributed by atoms with Crippen molar-refractivity contribution in [2.24, 2.45) is 0 Å². The molecule has 1 fully saturated rings. The van der Waals surface area contributed by atoms with E-state index in [1.807, 2.05) is 0 Å². The molecule has 1 heterocycles. The van der Waals surface area contributed by atoms with Crippen LogP contribution in [0, 0.1) is 0 Å². The van der Waals surface area contributed by atoms with Crippen molar-refractivity contribution in [3.63, 3.8) is 0 Å². The van der Waals surface area contributed by atoms with Gasteiger partial charge in [-0.3, -0.25) is 9.59 Å². The first-order valence-electron chi connectivity index (χ1n) is 8.86. The number of nitrogens with zero attached hydrogens (tertiary/aromatic N) is 1. The molecular formula is C18H26N2O5S. The largest absolute Gasteiger partial charge is 0.481 e. The van der Waals surface area contributed by atoms with Crippen molar-refractivity contribution in [3.05, 3.63) is 29.8 Å². The van der Waals surface area contributed by atoms with Gasteiger partial charge in [0.05, 0.1) is 4.90 Å². The summed E-state index contributed by atoms with van der Waals surface area (Å²) in [6, 6.07) is 5.62. The van der Waals surface area contributed by atoms with Crippen LogP contribution < -0.4 is 4.72 Å². The number of hydrogen-bond donors (Lipinski definition) is 2.